The van der Waals surface area contributed by atoms with Crippen LogP contribution in [0.1, 0.15) is 36.7 Å². The van der Waals surface area contributed by atoms with Crippen molar-refractivity contribution in [2.75, 3.05) is 11.5 Å². The predicted molar refractivity (Wildman–Crippen MR) is 70.6 cm³/mol. The van der Waals surface area contributed by atoms with Gasteiger partial charge in [0.05, 0.1) is 0 Å². The zero-order valence-electron chi connectivity index (χ0n) is 10.3. The van der Waals surface area contributed by atoms with Crippen LogP contribution in [0, 0.1) is 0 Å². The van der Waals surface area contributed by atoms with Gasteiger partial charge in [-0.3, -0.25) is 14.3 Å². The maximum Gasteiger partial charge on any atom is 0.342 e. The fraction of sp³-hybridized carbons (Fsp3) is 0.545. The molecule has 1 heterocycles. The molecule has 1 aromatic heterocycles. The first kappa shape index (κ1) is 14.6. The molecule has 0 saturated heterocycles. The number of H-pyrrole nitrogens is 1. The Hall–Kier alpha value is -1.50. The molecule has 6 nitrogen and oxygen atoms in total. The van der Waals surface area contributed by atoms with Crippen LogP contribution < -0.4 is 11.2 Å². The first-order chi connectivity index (χ1) is 8.47. The van der Waals surface area contributed by atoms with Crippen molar-refractivity contribution in [3.05, 3.63) is 32.6 Å². The molecule has 0 radical (unpaired) electrons. The molecule has 0 aliphatic rings. The van der Waals surface area contributed by atoms with Crippen molar-refractivity contribution in [2.24, 2.45) is 0 Å². The van der Waals surface area contributed by atoms with Crippen LogP contribution in [-0.4, -0.2) is 32.1 Å². The summed E-state index contributed by atoms with van der Waals surface area (Å²) in [6.07, 6.45) is 1.86. The van der Waals surface area contributed by atoms with Gasteiger partial charge in [-0.25, -0.2) is 9.59 Å². The third kappa shape index (κ3) is 3.49. The molecule has 0 saturated carbocycles. The molecule has 1 atom stereocenters. The Labute approximate surface area is 108 Å². The molecular formula is C11H16N2O4S. The highest BCUT2D eigenvalue weighted by molar-refractivity contribution is 7.99. The summed E-state index contributed by atoms with van der Waals surface area (Å²) in [6.45, 7) is 3.87. The SMILES string of the molecule is CCSCCC(C)n1cc(C(=O)O)c(=O)[nH]c1=O. The molecule has 0 aliphatic carbocycles. The minimum absolute atomic E-state index is 0.147. The second-order valence-electron chi connectivity index (χ2n) is 3.85. The van der Waals surface area contributed by atoms with Gasteiger partial charge in [0.2, 0.25) is 0 Å². The van der Waals surface area contributed by atoms with E-state index >= 15 is 0 Å². The number of aromatic amines is 1. The van der Waals surface area contributed by atoms with Crippen molar-refractivity contribution in [1.82, 2.24) is 9.55 Å². The van der Waals surface area contributed by atoms with Gasteiger partial charge < -0.3 is 5.11 Å². The van der Waals surface area contributed by atoms with Gasteiger partial charge in [0.25, 0.3) is 5.56 Å². The molecule has 7 heteroatoms. The predicted octanol–water partition coefficient (Wildman–Crippen LogP) is 0.939. The summed E-state index contributed by atoms with van der Waals surface area (Å²) in [5.41, 5.74) is -1.84. The highest BCUT2D eigenvalue weighted by atomic mass is 32.2. The summed E-state index contributed by atoms with van der Waals surface area (Å²) < 4.78 is 1.26. The van der Waals surface area contributed by atoms with Crippen LogP contribution in [0.2, 0.25) is 0 Å². The van der Waals surface area contributed by atoms with Crippen molar-refractivity contribution in [2.45, 2.75) is 26.3 Å². The van der Waals surface area contributed by atoms with Gasteiger partial charge >= 0.3 is 11.7 Å². The standard InChI is InChI=1S/C11H16N2O4S/c1-3-18-5-4-7(2)13-6-8(10(15)16)9(14)12-11(13)17/h6-7H,3-5H2,1-2H3,(H,15,16)(H,12,14,17). The van der Waals surface area contributed by atoms with Gasteiger partial charge in [-0.2, -0.15) is 11.8 Å². The molecular weight excluding hydrogens is 256 g/mol. The molecule has 1 unspecified atom stereocenters. The largest absolute Gasteiger partial charge is 0.477 e. The number of carbonyl (C=O) groups is 1. The Balaban J connectivity index is 3.01. The van der Waals surface area contributed by atoms with Crippen LogP contribution in [0.25, 0.3) is 0 Å². The van der Waals surface area contributed by atoms with Crippen molar-refractivity contribution >= 4 is 17.7 Å². The van der Waals surface area contributed by atoms with Crippen LogP contribution in [0.3, 0.4) is 0 Å². The Kier molecular flexibility index (Phi) is 5.21. The average molecular weight is 272 g/mol. The zero-order valence-corrected chi connectivity index (χ0v) is 11.1. The molecule has 0 bridgehead atoms. The lowest BCUT2D eigenvalue weighted by Crippen LogP contribution is -2.34. The summed E-state index contributed by atoms with van der Waals surface area (Å²) in [5.74, 6) is 0.541. The van der Waals surface area contributed by atoms with E-state index < -0.39 is 22.8 Å². The second-order valence-corrected chi connectivity index (χ2v) is 5.24. The van der Waals surface area contributed by atoms with Crippen LogP contribution in [-0.2, 0) is 0 Å². The molecule has 18 heavy (non-hydrogen) atoms. The Morgan fingerprint density at radius 2 is 2.22 bits per heavy atom. The molecule has 100 valence electrons. The molecule has 1 rings (SSSR count). The number of thioether (sulfide) groups is 1. The molecule has 1 aromatic rings. The fourth-order valence-corrected chi connectivity index (χ4v) is 2.30. The van der Waals surface area contributed by atoms with E-state index in [1.807, 2.05) is 18.8 Å². The summed E-state index contributed by atoms with van der Waals surface area (Å²) in [6, 6.07) is -0.147. The van der Waals surface area contributed by atoms with Crippen LogP contribution in [0.5, 0.6) is 0 Å². The van der Waals surface area contributed by atoms with Gasteiger partial charge in [-0.05, 0) is 24.9 Å². The first-order valence-corrected chi connectivity index (χ1v) is 6.79. The summed E-state index contributed by atoms with van der Waals surface area (Å²) in [4.78, 5) is 35.7. The Morgan fingerprint density at radius 1 is 1.56 bits per heavy atom. The minimum Gasteiger partial charge on any atom is -0.477 e. The fourth-order valence-electron chi connectivity index (χ4n) is 1.50. The lowest BCUT2D eigenvalue weighted by molar-refractivity contribution is 0.0693. The van der Waals surface area contributed by atoms with E-state index in [4.69, 9.17) is 5.11 Å². The molecule has 0 amide bonds. The third-order valence-corrected chi connectivity index (χ3v) is 3.49. The number of nitrogens with zero attached hydrogens (tertiary/aromatic N) is 1. The number of hydrogen-bond donors (Lipinski definition) is 2. The van der Waals surface area contributed by atoms with E-state index in [9.17, 15) is 14.4 Å². The number of carboxylic acid groups (broad SMARTS) is 1. The van der Waals surface area contributed by atoms with E-state index in [0.717, 1.165) is 24.1 Å². The maximum atomic E-state index is 11.6. The lowest BCUT2D eigenvalue weighted by Gasteiger charge is -2.14. The van der Waals surface area contributed by atoms with Crippen LogP contribution in [0.15, 0.2) is 15.8 Å². The molecule has 2 N–H and O–H groups in total. The van der Waals surface area contributed by atoms with Gasteiger partial charge in [0, 0.05) is 12.2 Å². The number of aromatic nitrogens is 2. The normalized spacial score (nSPS) is 12.3. The van der Waals surface area contributed by atoms with Crippen LogP contribution in [0.4, 0.5) is 0 Å². The summed E-state index contributed by atoms with van der Waals surface area (Å²) in [7, 11) is 0. The van der Waals surface area contributed by atoms with E-state index in [2.05, 4.69) is 0 Å². The molecule has 0 aromatic carbocycles. The second kappa shape index (κ2) is 6.44. The number of rotatable bonds is 6. The average Bonchev–Trinajstić information content (AvgIpc) is 2.28. The number of aromatic carboxylic acids is 1. The van der Waals surface area contributed by atoms with Gasteiger partial charge in [-0.1, -0.05) is 6.92 Å². The highest BCUT2D eigenvalue weighted by Crippen LogP contribution is 2.12. The lowest BCUT2D eigenvalue weighted by atomic mass is 10.2. The maximum absolute atomic E-state index is 11.6. The number of carboxylic acids is 1. The first-order valence-electron chi connectivity index (χ1n) is 5.63. The minimum atomic E-state index is -1.33. The Bertz CT molecular complexity index is 535. The molecule has 0 fully saturated rings. The van der Waals surface area contributed by atoms with E-state index in [1.54, 1.807) is 11.8 Å². The van der Waals surface area contributed by atoms with Gasteiger partial charge in [0.15, 0.2) is 0 Å². The zero-order chi connectivity index (χ0) is 13.7. The van der Waals surface area contributed by atoms with Crippen LogP contribution >= 0.6 is 11.8 Å². The van der Waals surface area contributed by atoms with Crippen molar-refractivity contribution in [3.63, 3.8) is 0 Å². The summed E-state index contributed by atoms with van der Waals surface area (Å²) in [5, 5.41) is 8.84. The van der Waals surface area contributed by atoms with E-state index in [-0.39, 0.29) is 6.04 Å². The van der Waals surface area contributed by atoms with E-state index in [1.165, 1.54) is 4.57 Å². The smallest absolute Gasteiger partial charge is 0.342 e. The molecule has 0 aliphatic heterocycles. The Morgan fingerprint density at radius 3 is 2.78 bits per heavy atom. The van der Waals surface area contributed by atoms with Crippen molar-refractivity contribution < 1.29 is 9.90 Å². The van der Waals surface area contributed by atoms with E-state index in [0.29, 0.717) is 0 Å². The number of hydrogen-bond acceptors (Lipinski definition) is 4. The highest BCUT2D eigenvalue weighted by Gasteiger charge is 2.14. The van der Waals surface area contributed by atoms with Crippen molar-refractivity contribution in [1.29, 1.82) is 0 Å². The third-order valence-electron chi connectivity index (χ3n) is 2.56. The van der Waals surface area contributed by atoms with Gasteiger partial charge in [0.1, 0.15) is 5.56 Å². The number of nitrogens with one attached hydrogen (secondary N) is 1. The van der Waals surface area contributed by atoms with Gasteiger partial charge in [-0.15, -0.1) is 0 Å². The monoisotopic (exact) mass is 272 g/mol. The molecule has 0 spiro atoms. The quantitative estimate of drug-likeness (QED) is 0.752. The van der Waals surface area contributed by atoms with Crippen molar-refractivity contribution in [3.8, 4) is 0 Å². The topological polar surface area (TPSA) is 92.2 Å². The summed E-state index contributed by atoms with van der Waals surface area (Å²) >= 11 is 1.75.